The normalized spacial score (nSPS) is 18.3. The summed E-state index contributed by atoms with van der Waals surface area (Å²) in [6.45, 7) is 5.71. The van der Waals surface area contributed by atoms with Gasteiger partial charge in [-0.15, -0.1) is 0 Å². The van der Waals surface area contributed by atoms with Gasteiger partial charge in [0.25, 0.3) is 5.91 Å². The van der Waals surface area contributed by atoms with Gasteiger partial charge in [0.2, 0.25) is 5.91 Å². The van der Waals surface area contributed by atoms with Crippen molar-refractivity contribution in [2.45, 2.75) is 19.5 Å². The molecule has 1 aliphatic rings. The Bertz CT molecular complexity index is 1050. The minimum atomic E-state index is -0.244. The molecule has 0 saturated carbocycles. The quantitative estimate of drug-likeness (QED) is 0.721. The average Bonchev–Trinajstić information content (AvgIpc) is 3.04. The number of para-hydroxylation sites is 1. The summed E-state index contributed by atoms with van der Waals surface area (Å²) in [5.41, 5.74) is 2.21. The zero-order valence-electron chi connectivity index (χ0n) is 17.4. The number of nitrogens with one attached hydrogen (secondary N) is 1. The first-order valence-corrected chi connectivity index (χ1v) is 10.3. The van der Waals surface area contributed by atoms with E-state index in [0.717, 1.165) is 32.7 Å². The topological polar surface area (TPSA) is 70.5 Å². The summed E-state index contributed by atoms with van der Waals surface area (Å²) < 4.78 is 1.30. The van der Waals surface area contributed by atoms with Gasteiger partial charge in [-0.3, -0.25) is 14.5 Å². The lowest BCUT2D eigenvalue weighted by molar-refractivity contribution is 0.0912. The van der Waals surface area contributed by atoms with Crippen LogP contribution in [0.25, 0.3) is 10.9 Å². The molecule has 0 aliphatic carbocycles. The Kier molecular flexibility index (Phi) is 5.92. The molecular weight excluding hydrogens is 378 g/mol. The number of carbonyl (C=O) groups is 2. The molecule has 0 radical (unpaired) electrons. The first-order valence-electron chi connectivity index (χ1n) is 10.3. The van der Waals surface area contributed by atoms with Crippen molar-refractivity contribution in [3.05, 3.63) is 65.9 Å². The second kappa shape index (κ2) is 8.77. The van der Waals surface area contributed by atoms with Crippen LogP contribution in [0.2, 0.25) is 0 Å². The minimum absolute atomic E-state index is 0.0325. The van der Waals surface area contributed by atoms with Gasteiger partial charge in [0.1, 0.15) is 0 Å². The van der Waals surface area contributed by atoms with Gasteiger partial charge < -0.3 is 10.2 Å². The largest absolute Gasteiger partial charge is 0.345 e. The lowest BCUT2D eigenvalue weighted by Crippen LogP contribution is -2.46. The number of nitrogens with zero attached hydrogens (tertiary/aromatic N) is 4. The van der Waals surface area contributed by atoms with Crippen molar-refractivity contribution >= 4 is 22.7 Å². The lowest BCUT2D eigenvalue weighted by atomic mass is 10.1. The highest BCUT2D eigenvalue weighted by molar-refractivity contribution is 6.06. The van der Waals surface area contributed by atoms with Crippen LogP contribution in [0, 0.1) is 0 Å². The van der Waals surface area contributed by atoms with Gasteiger partial charge in [0.15, 0.2) is 5.69 Å². The third-order valence-electron chi connectivity index (χ3n) is 5.49. The maximum atomic E-state index is 13.1. The van der Waals surface area contributed by atoms with E-state index in [1.807, 2.05) is 30.3 Å². The molecular formula is C23H27N5O2. The van der Waals surface area contributed by atoms with Crippen molar-refractivity contribution in [1.29, 1.82) is 0 Å². The molecule has 0 spiro atoms. The average molecular weight is 406 g/mol. The number of carbonyl (C=O) groups excluding carboxylic acids is 2. The zero-order valence-corrected chi connectivity index (χ0v) is 17.4. The summed E-state index contributed by atoms with van der Waals surface area (Å²) >= 11 is 0. The molecule has 1 atom stereocenters. The van der Waals surface area contributed by atoms with E-state index < -0.39 is 0 Å². The molecule has 1 saturated heterocycles. The predicted molar refractivity (Wildman–Crippen MR) is 117 cm³/mol. The van der Waals surface area contributed by atoms with Crippen LogP contribution in [0.1, 0.15) is 27.8 Å². The molecule has 4 rings (SSSR count). The molecule has 0 bridgehead atoms. The van der Waals surface area contributed by atoms with Crippen molar-refractivity contribution in [1.82, 2.24) is 24.9 Å². The van der Waals surface area contributed by atoms with Crippen LogP contribution >= 0.6 is 0 Å². The molecule has 30 heavy (non-hydrogen) atoms. The Morgan fingerprint density at radius 3 is 2.53 bits per heavy atom. The van der Waals surface area contributed by atoms with Crippen molar-refractivity contribution < 1.29 is 9.59 Å². The first-order chi connectivity index (χ1) is 14.5. The van der Waals surface area contributed by atoms with E-state index in [1.165, 1.54) is 17.2 Å². The van der Waals surface area contributed by atoms with Gasteiger partial charge in [-0.2, -0.15) is 9.78 Å². The van der Waals surface area contributed by atoms with E-state index >= 15 is 0 Å². The number of hydrogen-bond acceptors (Lipinski definition) is 5. The SMILES string of the molecule is CC(=O)n1nc(C(=O)NC2CN(C)CCN(Cc3ccccc3)C2)c2ccccc21. The highest BCUT2D eigenvalue weighted by Gasteiger charge is 2.25. The number of rotatable bonds is 4. The Balaban J connectivity index is 1.53. The monoisotopic (exact) mass is 405 g/mol. The fourth-order valence-electron chi connectivity index (χ4n) is 4.04. The highest BCUT2D eigenvalue weighted by Crippen LogP contribution is 2.19. The van der Waals surface area contributed by atoms with E-state index in [-0.39, 0.29) is 17.9 Å². The minimum Gasteiger partial charge on any atom is -0.345 e. The maximum absolute atomic E-state index is 13.1. The van der Waals surface area contributed by atoms with Crippen LogP contribution in [-0.4, -0.2) is 70.7 Å². The fraction of sp³-hybridized carbons (Fsp3) is 0.348. The van der Waals surface area contributed by atoms with Crippen LogP contribution in [0.5, 0.6) is 0 Å². The molecule has 156 valence electrons. The standard InChI is InChI=1S/C23H27N5O2/c1-17(29)28-21-11-7-6-10-20(21)22(25-28)23(30)24-19-15-26(2)12-13-27(16-19)14-18-8-4-3-5-9-18/h3-11,19H,12-16H2,1-2H3,(H,24,30). The number of amides is 1. The third kappa shape index (κ3) is 4.42. The van der Waals surface area contributed by atoms with Gasteiger partial charge in [0, 0.05) is 45.0 Å². The first kappa shape index (κ1) is 20.3. The highest BCUT2D eigenvalue weighted by atomic mass is 16.2. The third-order valence-corrected chi connectivity index (χ3v) is 5.49. The van der Waals surface area contributed by atoms with Gasteiger partial charge in [0.05, 0.1) is 11.6 Å². The number of benzene rings is 2. The van der Waals surface area contributed by atoms with Crippen LogP contribution < -0.4 is 5.32 Å². The van der Waals surface area contributed by atoms with Crippen LogP contribution in [0.4, 0.5) is 0 Å². The number of aromatic nitrogens is 2. The van der Waals surface area contributed by atoms with E-state index in [4.69, 9.17) is 0 Å². The van der Waals surface area contributed by atoms with Crippen molar-refractivity contribution in [2.75, 3.05) is 33.2 Å². The van der Waals surface area contributed by atoms with E-state index in [0.29, 0.717) is 16.6 Å². The second-order valence-corrected chi connectivity index (χ2v) is 7.95. The van der Waals surface area contributed by atoms with Crippen LogP contribution in [0.15, 0.2) is 54.6 Å². The summed E-state index contributed by atoms with van der Waals surface area (Å²) in [6.07, 6.45) is 0. The summed E-state index contributed by atoms with van der Waals surface area (Å²) in [4.78, 5) is 29.7. The lowest BCUT2D eigenvalue weighted by Gasteiger charge is -2.24. The molecule has 7 heteroatoms. The Hall–Kier alpha value is -3.03. The fourth-order valence-corrected chi connectivity index (χ4v) is 4.04. The smallest absolute Gasteiger partial charge is 0.272 e. The maximum Gasteiger partial charge on any atom is 0.272 e. The molecule has 3 aromatic rings. The molecule has 2 aromatic carbocycles. The van der Waals surface area contributed by atoms with E-state index in [2.05, 4.69) is 51.5 Å². The van der Waals surface area contributed by atoms with Gasteiger partial charge in [-0.1, -0.05) is 48.5 Å². The van der Waals surface area contributed by atoms with E-state index in [9.17, 15) is 9.59 Å². The van der Waals surface area contributed by atoms with Crippen LogP contribution in [-0.2, 0) is 6.54 Å². The molecule has 7 nitrogen and oxygen atoms in total. The number of fused-ring (bicyclic) bond motifs is 1. The summed E-state index contributed by atoms with van der Waals surface area (Å²) in [7, 11) is 2.07. The van der Waals surface area contributed by atoms with Crippen molar-refractivity contribution in [3.63, 3.8) is 0 Å². The Morgan fingerprint density at radius 1 is 1.03 bits per heavy atom. The number of likely N-dealkylation sites (N-methyl/N-ethyl adjacent to an activating group) is 1. The summed E-state index contributed by atoms with van der Waals surface area (Å²) in [5.74, 6) is -0.459. The number of hydrogen-bond donors (Lipinski definition) is 1. The van der Waals surface area contributed by atoms with Crippen molar-refractivity contribution in [2.24, 2.45) is 0 Å². The second-order valence-electron chi connectivity index (χ2n) is 7.95. The molecule has 1 amide bonds. The van der Waals surface area contributed by atoms with Crippen molar-refractivity contribution in [3.8, 4) is 0 Å². The van der Waals surface area contributed by atoms with Gasteiger partial charge in [-0.05, 0) is 18.7 Å². The van der Waals surface area contributed by atoms with Gasteiger partial charge >= 0.3 is 0 Å². The Morgan fingerprint density at radius 2 is 1.77 bits per heavy atom. The van der Waals surface area contributed by atoms with Gasteiger partial charge in [-0.25, -0.2) is 0 Å². The molecule has 1 unspecified atom stereocenters. The predicted octanol–water partition coefficient (Wildman–Crippen LogP) is 2.24. The zero-order chi connectivity index (χ0) is 21.1. The molecule has 1 aliphatic heterocycles. The summed E-state index contributed by atoms with van der Waals surface area (Å²) in [6, 6.07) is 17.7. The molecule has 1 N–H and O–H groups in total. The molecule has 1 aromatic heterocycles. The summed E-state index contributed by atoms with van der Waals surface area (Å²) in [5, 5.41) is 8.16. The van der Waals surface area contributed by atoms with E-state index in [1.54, 1.807) is 0 Å². The molecule has 1 fully saturated rings. The van der Waals surface area contributed by atoms with Crippen LogP contribution in [0.3, 0.4) is 0 Å². The molecule has 2 heterocycles. The Labute approximate surface area is 176 Å².